The Bertz CT molecular complexity index is 577. The minimum absolute atomic E-state index is 0.0465. The zero-order chi connectivity index (χ0) is 11.7. The molecule has 5 heteroatoms. The molecular formula is C11H12BrN3O. The second kappa shape index (κ2) is 4.35. The van der Waals surface area contributed by atoms with Crippen LogP contribution in [0.15, 0.2) is 33.8 Å². The van der Waals surface area contributed by atoms with Crippen molar-refractivity contribution in [1.29, 1.82) is 0 Å². The van der Waals surface area contributed by atoms with Crippen LogP contribution in [0.5, 0.6) is 0 Å². The molecule has 1 aromatic heterocycles. The molecule has 0 fully saturated rings. The lowest BCUT2D eigenvalue weighted by molar-refractivity contribution is 0.570. The third-order valence-electron chi connectivity index (χ3n) is 2.27. The fraction of sp³-hybridized carbons (Fsp3) is 0.273. The highest BCUT2D eigenvalue weighted by Gasteiger charge is 2.05. The van der Waals surface area contributed by atoms with Crippen LogP contribution in [-0.4, -0.2) is 15.6 Å². The topological polar surface area (TPSA) is 60.9 Å². The Morgan fingerprint density at radius 2 is 2.31 bits per heavy atom. The van der Waals surface area contributed by atoms with Crippen LogP contribution >= 0.6 is 15.9 Å². The van der Waals surface area contributed by atoms with Gasteiger partial charge in [0.1, 0.15) is 0 Å². The van der Waals surface area contributed by atoms with Crippen molar-refractivity contribution >= 4 is 26.8 Å². The molecule has 1 aromatic carbocycles. The summed E-state index contributed by atoms with van der Waals surface area (Å²) in [6.07, 6.45) is 1.54. The first kappa shape index (κ1) is 11.3. The molecule has 2 N–H and O–H groups in total. The van der Waals surface area contributed by atoms with Crippen LogP contribution in [0.1, 0.15) is 6.92 Å². The van der Waals surface area contributed by atoms with Crippen LogP contribution in [0.2, 0.25) is 0 Å². The SMILES string of the molecule is CC(N)Cn1cnc2cc(Br)ccc2c1=O. The van der Waals surface area contributed by atoms with E-state index in [0.717, 1.165) is 4.47 Å². The molecule has 0 radical (unpaired) electrons. The molecule has 1 heterocycles. The summed E-state index contributed by atoms with van der Waals surface area (Å²) >= 11 is 3.35. The Morgan fingerprint density at radius 1 is 1.56 bits per heavy atom. The Balaban J connectivity index is 2.61. The molecule has 16 heavy (non-hydrogen) atoms. The highest BCUT2D eigenvalue weighted by Crippen LogP contribution is 2.14. The van der Waals surface area contributed by atoms with Gasteiger partial charge >= 0.3 is 0 Å². The number of hydrogen-bond acceptors (Lipinski definition) is 3. The summed E-state index contributed by atoms with van der Waals surface area (Å²) in [6, 6.07) is 5.37. The lowest BCUT2D eigenvalue weighted by Gasteiger charge is -2.08. The van der Waals surface area contributed by atoms with E-state index in [1.807, 2.05) is 19.1 Å². The first-order valence-corrected chi connectivity index (χ1v) is 5.77. The molecule has 1 atom stereocenters. The minimum atomic E-state index is -0.0626. The molecule has 2 aromatic rings. The van der Waals surface area contributed by atoms with Gasteiger partial charge in [-0.2, -0.15) is 0 Å². The van der Waals surface area contributed by atoms with E-state index in [4.69, 9.17) is 5.73 Å². The lowest BCUT2D eigenvalue weighted by atomic mass is 10.2. The van der Waals surface area contributed by atoms with Crippen LogP contribution in [0.25, 0.3) is 10.9 Å². The third-order valence-corrected chi connectivity index (χ3v) is 2.77. The van der Waals surface area contributed by atoms with Crippen LogP contribution in [0.4, 0.5) is 0 Å². The molecule has 0 amide bonds. The number of halogens is 1. The number of aromatic nitrogens is 2. The van der Waals surface area contributed by atoms with Crippen LogP contribution < -0.4 is 11.3 Å². The molecule has 0 saturated carbocycles. The highest BCUT2D eigenvalue weighted by atomic mass is 79.9. The van der Waals surface area contributed by atoms with E-state index in [0.29, 0.717) is 17.4 Å². The van der Waals surface area contributed by atoms with Gasteiger partial charge in [0.2, 0.25) is 0 Å². The molecule has 1 unspecified atom stereocenters. The average Bonchev–Trinajstić information content (AvgIpc) is 2.22. The summed E-state index contributed by atoms with van der Waals surface area (Å²) in [6.45, 7) is 2.34. The largest absolute Gasteiger partial charge is 0.326 e. The maximum atomic E-state index is 12.0. The van der Waals surface area contributed by atoms with Gasteiger partial charge in [0.05, 0.1) is 17.2 Å². The zero-order valence-corrected chi connectivity index (χ0v) is 10.4. The maximum Gasteiger partial charge on any atom is 0.261 e. The van der Waals surface area contributed by atoms with Gasteiger partial charge < -0.3 is 5.73 Å². The lowest BCUT2D eigenvalue weighted by Crippen LogP contribution is -2.30. The Morgan fingerprint density at radius 3 is 3.00 bits per heavy atom. The summed E-state index contributed by atoms with van der Waals surface area (Å²) in [5.41, 5.74) is 6.31. The van der Waals surface area contributed by atoms with E-state index in [1.165, 1.54) is 0 Å². The zero-order valence-electron chi connectivity index (χ0n) is 8.85. The second-order valence-electron chi connectivity index (χ2n) is 3.84. The molecule has 0 aliphatic rings. The third kappa shape index (κ3) is 2.15. The maximum absolute atomic E-state index is 12.0. The molecule has 2 rings (SSSR count). The number of hydrogen-bond donors (Lipinski definition) is 1. The van der Waals surface area contributed by atoms with Crippen molar-refractivity contribution in [3.63, 3.8) is 0 Å². The average molecular weight is 282 g/mol. The van der Waals surface area contributed by atoms with E-state index in [1.54, 1.807) is 17.0 Å². The van der Waals surface area contributed by atoms with Crippen molar-refractivity contribution in [2.45, 2.75) is 19.5 Å². The second-order valence-corrected chi connectivity index (χ2v) is 4.76. The first-order chi connectivity index (χ1) is 7.58. The van der Waals surface area contributed by atoms with Crippen molar-refractivity contribution < 1.29 is 0 Å². The molecule has 84 valence electrons. The fourth-order valence-corrected chi connectivity index (χ4v) is 1.92. The molecule has 0 aliphatic carbocycles. The molecule has 0 bridgehead atoms. The van der Waals surface area contributed by atoms with Gasteiger partial charge in [-0.05, 0) is 25.1 Å². The van der Waals surface area contributed by atoms with Gasteiger partial charge in [-0.1, -0.05) is 15.9 Å². The van der Waals surface area contributed by atoms with Gasteiger partial charge in [0.25, 0.3) is 5.56 Å². The van der Waals surface area contributed by atoms with Crippen molar-refractivity contribution in [3.8, 4) is 0 Å². The van der Waals surface area contributed by atoms with Crippen LogP contribution in [-0.2, 0) is 6.54 Å². The fourth-order valence-electron chi connectivity index (χ4n) is 1.57. The number of rotatable bonds is 2. The number of nitrogens with two attached hydrogens (primary N) is 1. The summed E-state index contributed by atoms with van der Waals surface area (Å²) in [5, 5.41) is 0.617. The van der Waals surface area contributed by atoms with E-state index >= 15 is 0 Å². The minimum Gasteiger partial charge on any atom is -0.326 e. The Kier molecular flexibility index (Phi) is 3.07. The van der Waals surface area contributed by atoms with Crippen molar-refractivity contribution in [1.82, 2.24) is 9.55 Å². The van der Waals surface area contributed by atoms with E-state index in [9.17, 15) is 4.79 Å². The normalized spacial score (nSPS) is 12.9. The van der Waals surface area contributed by atoms with Gasteiger partial charge in [0.15, 0.2) is 0 Å². The molecular weight excluding hydrogens is 270 g/mol. The standard InChI is InChI=1S/C11H12BrN3O/c1-7(13)5-15-6-14-10-4-8(12)2-3-9(10)11(15)16/h2-4,6-7H,5,13H2,1H3. The summed E-state index contributed by atoms with van der Waals surface area (Å²) in [4.78, 5) is 16.3. The molecule has 4 nitrogen and oxygen atoms in total. The summed E-state index contributed by atoms with van der Waals surface area (Å²) < 4.78 is 2.46. The van der Waals surface area contributed by atoms with Crippen LogP contribution in [0, 0.1) is 0 Å². The van der Waals surface area contributed by atoms with Gasteiger partial charge in [-0.3, -0.25) is 9.36 Å². The molecule has 0 aliphatic heterocycles. The van der Waals surface area contributed by atoms with Crippen molar-refractivity contribution in [2.75, 3.05) is 0 Å². The van der Waals surface area contributed by atoms with Gasteiger partial charge in [-0.15, -0.1) is 0 Å². The van der Waals surface area contributed by atoms with Crippen LogP contribution in [0.3, 0.4) is 0 Å². The summed E-state index contributed by atoms with van der Waals surface area (Å²) in [7, 11) is 0. The predicted octanol–water partition coefficient (Wildman–Crippen LogP) is 1.51. The van der Waals surface area contributed by atoms with E-state index in [-0.39, 0.29) is 11.6 Å². The smallest absolute Gasteiger partial charge is 0.261 e. The number of benzene rings is 1. The Hall–Kier alpha value is -1.20. The Labute approximate surface area is 101 Å². The molecule has 0 saturated heterocycles. The van der Waals surface area contributed by atoms with E-state index in [2.05, 4.69) is 20.9 Å². The quantitative estimate of drug-likeness (QED) is 0.908. The number of nitrogens with zero attached hydrogens (tertiary/aromatic N) is 2. The first-order valence-electron chi connectivity index (χ1n) is 4.98. The predicted molar refractivity (Wildman–Crippen MR) is 67.4 cm³/mol. The summed E-state index contributed by atoms with van der Waals surface area (Å²) in [5.74, 6) is 0. The van der Waals surface area contributed by atoms with E-state index < -0.39 is 0 Å². The number of fused-ring (bicyclic) bond motifs is 1. The van der Waals surface area contributed by atoms with Crippen molar-refractivity contribution in [2.24, 2.45) is 5.73 Å². The van der Waals surface area contributed by atoms with Gasteiger partial charge in [0, 0.05) is 17.1 Å². The highest BCUT2D eigenvalue weighted by molar-refractivity contribution is 9.10. The van der Waals surface area contributed by atoms with Crippen molar-refractivity contribution in [3.05, 3.63) is 39.4 Å². The molecule has 0 spiro atoms. The van der Waals surface area contributed by atoms with Gasteiger partial charge in [-0.25, -0.2) is 4.98 Å². The monoisotopic (exact) mass is 281 g/mol.